The molecule has 1 fully saturated rings. The van der Waals surface area contributed by atoms with Gasteiger partial charge in [0.1, 0.15) is 0 Å². The molecule has 0 amide bonds. The Morgan fingerprint density at radius 2 is 2.45 bits per heavy atom. The standard InChI is InChI=1S/C5H4N4OS/c6-1-5(2-10-3-5)4-7-8-9-11-4/h2-3H2. The largest absolute Gasteiger partial charge is 0.377 e. The summed E-state index contributed by atoms with van der Waals surface area (Å²) in [6, 6.07) is 2.16. The molecule has 2 rings (SSSR count). The summed E-state index contributed by atoms with van der Waals surface area (Å²) in [4.78, 5) is 0. The Hall–Kier alpha value is -1.06. The van der Waals surface area contributed by atoms with Gasteiger partial charge in [-0.3, -0.25) is 0 Å². The zero-order valence-corrected chi connectivity index (χ0v) is 6.34. The van der Waals surface area contributed by atoms with E-state index in [-0.39, 0.29) is 0 Å². The lowest BCUT2D eigenvalue weighted by molar-refractivity contribution is -0.0301. The lowest BCUT2D eigenvalue weighted by Gasteiger charge is -2.31. The second-order valence-corrected chi connectivity index (χ2v) is 3.09. The van der Waals surface area contributed by atoms with Crippen LogP contribution in [0.1, 0.15) is 5.01 Å². The van der Waals surface area contributed by atoms with Gasteiger partial charge in [-0.15, -0.1) is 5.10 Å². The van der Waals surface area contributed by atoms with Crippen LogP contribution in [0.2, 0.25) is 0 Å². The molecule has 0 aliphatic carbocycles. The van der Waals surface area contributed by atoms with E-state index < -0.39 is 5.41 Å². The highest BCUT2D eigenvalue weighted by molar-refractivity contribution is 7.05. The molecule has 0 spiro atoms. The van der Waals surface area contributed by atoms with Gasteiger partial charge in [-0.2, -0.15) is 5.26 Å². The molecule has 0 bridgehead atoms. The Bertz CT molecular complexity index is 286. The number of rotatable bonds is 1. The van der Waals surface area contributed by atoms with Gasteiger partial charge in [-0.1, -0.05) is 4.49 Å². The Balaban J connectivity index is 2.34. The van der Waals surface area contributed by atoms with E-state index in [0.29, 0.717) is 18.2 Å². The topological polar surface area (TPSA) is 71.7 Å². The first-order valence-corrected chi connectivity index (χ1v) is 3.79. The minimum absolute atomic E-state index is 0.417. The average molecular weight is 168 g/mol. The van der Waals surface area contributed by atoms with Crippen LogP contribution in [-0.4, -0.2) is 28.0 Å². The Kier molecular flexibility index (Phi) is 1.34. The predicted octanol–water partition coefficient (Wildman–Crippen LogP) is -0.275. The third-order valence-corrected chi connectivity index (χ3v) is 2.42. The van der Waals surface area contributed by atoms with Crippen LogP contribution in [-0.2, 0) is 10.2 Å². The minimum Gasteiger partial charge on any atom is -0.377 e. The molecule has 0 unspecified atom stereocenters. The molecule has 0 aromatic carbocycles. The zero-order chi connectivity index (χ0) is 7.73. The quantitative estimate of drug-likeness (QED) is 0.577. The highest BCUT2D eigenvalue weighted by atomic mass is 32.1. The number of aromatic nitrogens is 3. The minimum atomic E-state index is -0.547. The van der Waals surface area contributed by atoms with Crippen molar-refractivity contribution in [3.63, 3.8) is 0 Å². The highest BCUT2D eigenvalue weighted by Crippen LogP contribution is 2.31. The number of ether oxygens (including phenoxy) is 1. The number of hydrogen-bond donors (Lipinski definition) is 0. The number of nitrogens with zero attached hydrogens (tertiary/aromatic N) is 4. The fourth-order valence-electron chi connectivity index (χ4n) is 0.859. The molecule has 1 saturated heterocycles. The zero-order valence-electron chi connectivity index (χ0n) is 5.52. The van der Waals surface area contributed by atoms with Crippen molar-refractivity contribution in [2.75, 3.05) is 13.2 Å². The van der Waals surface area contributed by atoms with E-state index in [1.54, 1.807) is 0 Å². The molecule has 11 heavy (non-hydrogen) atoms. The van der Waals surface area contributed by atoms with E-state index in [9.17, 15) is 0 Å². The Labute approximate surface area is 66.8 Å². The summed E-state index contributed by atoms with van der Waals surface area (Å²) in [6.45, 7) is 0.834. The molecule has 1 aromatic heterocycles. The van der Waals surface area contributed by atoms with Gasteiger partial charge in [-0.25, -0.2) is 0 Å². The van der Waals surface area contributed by atoms with E-state index in [1.807, 2.05) is 0 Å². The van der Waals surface area contributed by atoms with E-state index in [0.717, 1.165) is 11.5 Å². The fourth-order valence-corrected chi connectivity index (χ4v) is 1.42. The molecule has 0 radical (unpaired) electrons. The normalized spacial score (nSPS) is 20.3. The summed E-state index contributed by atoms with van der Waals surface area (Å²) < 4.78 is 8.53. The summed E-state index contributed by atoms with van der Waals surface area (Å²) in [6.07, 6.45) is 0. The van der Waals surface area contributed by atoms with Crippen molar-refractivity contribution < 1.29 is 4.74 Å². The number of nitriles is 1. The smallest absolute Gasteiger partial charge is 0.163 e. The molecule has 0 N–H and O–H groups in total. The third-order valence-electron chi connectivity index (χ3n) is 1.62. The molecular formula is C5H4N4OS. The van der Waals surface area contributed by atoms with Crippen LogP contribution in [0.15, 0.2) is 0 Å². The van der Waals surface area contributed by atoms with Crippen LogP contribution in [0.3, 0.4) is 0 Å². The first kappa shape index (κ1) is 6.64. The van der Waals surface area contributed by atoms with E-state index in [2.05, 4.69) is 20.9 Å². The molecule has 1 aliphatic rings. The average Bonchev–Trinajstić information content (AvgIpc) is 2.39. The molecular weight excluding hydrogens is 164 g/mol. The monoisotopic (exact) mass is 168 g/mol. The van der Waals surface area contributed by atoms with Gasteiger partial charge < -0.3 is 4.74 Å². The van der Waals surface area contributed by atoms with E-state index >= 15 is 0 Å². The Morgan fingerprint density at radius 3 is 2.82 bits per heavy atom. The van der Waals surface area contributed by atoms with E-state index in [1.165, 1.54) is 0 Å². The molecule has 2 heterocycles. The van der Waals surface area contributed by atoms with Crippen LogP contribution in [0.5, 0.6) is 0 Å². The van der Waals surface area contributed by atoms with Crippen LogP contribution < -0.4 is 0 Å². The van der Waals surface area contributed by atoms with Gasteiger partial charge in [0.05, 0.1) is 19.3 Å². The SMILES string of the molecule is N#CC1(c2nnns2)COC1. The summed E-state index contributed by atoms with van der Waals surface area (Å²) in [7, 11) is 0. The van der Waals surface area contributed by atoms with Gasteiger partial charge in [0.15, 0.2) is 10.4 Å². The molecule has 5 nitrogen and oxygen atoms in total. The summed E-state index contributed by atoms with van der Waals surface area (Å²) in [5.41, 5.74) is -0.547. The van der Waals surface area contributed by atoms with E-state index in [4.69, 9.17) is 10.00 Å². The summed E-state index contributed by atoms with van der Waals surface area (Å²) in [5.74, 6) is 0. The second kappa shape index (κ2) is 2.22. The van der Waals surface area contributed by atoms with Crippen molar-refractivity contribution in [2.45, 2.75) is 5.41 Å². The van der Waals surface area contributed by atoms with Crippen molar-refractivity contribution >= 4 is 11.5 Å². The van der Waals surface area contributed by atoms with Crippen LogP contribution >= 0.6 is 11.5 Å². The molecule has 1 aliphatic heterocycles. The second-order valence-electron chi connectivity index (χ2n) is 2.35. The van der Waals surface area contributed by atoms with Crippen LogP contribution in [0.4, 0.5) is 0 Å². The van der Waals surface area contributed by atoms with Crippen LogP contribution in [0.25, 0.3) is 0 Å². The first-order valence-electron chi connectivity index (χ1n) is 3.02. The van der Waals surface area contributed by atoms with Crippen molar-refractivity contribution in [1.82, 2.24) is 14.8 Å². The van der Waals surface area contributed by atoms with Gasteiger partial charge in [0.25, 0.3) is 0 Å². The third kappa shape index (κ3) is 0.818. The molecule has 1 aromatic rings. The molecule has 0 atom stereocenters. The van der Waals surface area contributed by atoms with Gasteiger partial charge in [-0.05, 0) is 5.21 Å². The highest BCUT2D eigenvalue weighted by Gasteiger charge is 2.44. The first-order chi connectivity index (χ1) is 5.37. The lowest BCUT2D eigenvalue weighted by atomic mass is 9.89. The lowest BCUT2D eigenvalue weighted by Crippen LogP contribution is -2.45. The maximum Gasteiger partial charge on any atom is 0.163 e. The van der Waals surface area contributed by atoms with Crippen molar-refractivity contribution in [2.24, 2.45) is 0 Å². The molecule has 56 valence electrons. The predicted molar refractivity (Wildman–Crippen MR) is 35.8 cm³/mol. The summed E-state index contributed by atoms with van der Waals surface area (Å²) >= 11 is 1.16. The van der Waals surface area contributed by atoms with Gasteiger partial charge in [0.2, 0.25) is 0 Å². The summed E-state index contributed by atoms with van der Waals surface area (Å²) in [5, 5.41) is 16.6. The van der Waals surface area contributed by atoms with Crippen LogP contribution in [0, 0.1) is 11.3 Å². The van der Waals surface area contributed by atoms with Gasteiger partial charge >= 0.3 is 0 Å². The fraction of sp³-hybridized carbons (Fsp3) is 0.600. The maximum absolute atomic E-state index is 8.79. The van der Waals surface area contributed by atoms with Crippen molar-refractivity contribution in [1.29, 1.82) is 5.26 Å². The van der Waals surface area contributed by atoms with Crippen molar-refractivity contribution in [3.05, 3.63) is 5.01 Å². The number of hydrogen-bond acceptors (Lipinski definition) is 6. The molecule has 6 heteroatoms. The molecule has 0 saturated carbocycles. The van der Waals surface area contributed by atoms with Gasteiger partial charge in [0, 0.05) is 11.5 Å². The maximum atomic E-state index is 8.79. The Morgan fingerprint density at radius 1 is 1.64 bits per heavy atom. The van der Waals surface area contributed by atoms with Crippen molar-refractivity contribution in [3.8, 4) is 6.07 Å².